The van der Waals surface area contributed by atoms with Gasteiger partial charge in [0.05, 0.1) is 23.6 Å². The standard InChI is InChI=1S/C46H56N12O4/c1-29-25-33(7-12-36(29)31(3)49-41(60)42-53-43(54-62-42)46(4,5)6)37-13-17-47-44(50-37)51-39-26-30(2)38(27-48-39)57-23-21-55(22-24-57)28-32-14-18-56(19-15-32)34-8-10-35(11-9-34)58-20-16-40(59)52-45(58)61/h7-13,17,25-27,31-32H,14-16,18-24,28H2,1-6H3,(H,49,60)(H,52,59,61)(H,47,48,50,51)/t31-/m1/s1. The topological polar surface area (TPSA) is 178 Å². The summed E-state index contributed by atoms with van der Waals surface area (Å²) < 4.78 is 5.23. The molecule has 0 spiro atoms. The lowest BCUT2D eigenvalue weighted by Gasteiger charge is -2.40. The SMILES string of the molecule is Cc1cc(-c2ccnc(Nc3cc(C)c(N4CCN(CC5CCN(c6ccc(N7CCC(=O)NC7=O)cc6)CC5)CC4)cn3)n2)ccc1[C@@H](C)NC(=O)c1nc(C(C)(C)C)no1. The number of benzene rings is 2. The van der Waals surface area contributed by atoms with E-state index < -0.39 is 5.91 Å². The number of carbonyl (C=O) groups excluding carboxylic acids is 3. The normalized spacial score (nSPS) is 17.2. The molecule has 4 amide bonds. The molecule has 3 saturated heterocycles. The Morgan fingerprint density at radius 2 is 1.61 bits per heavy atom. The fourth-order valence-electron chi connectivity index (χ4n) is 8.48. The summed E-state index contributed by atoms with van der Waals surface area (Å²) in [6.45, 7) is 19.5. The molecule has 1 atom stereocenters. The largest absolute Gasteiger partial charge is 0.372 e. The first kappa shape index (κ1) is 42.3. The third kappa shape index (κ3) is 9.70. The Morgan fingerprint density at radius 1 is 0.871 bits per heavy atom. The second-order valence-electron chi connectivity index (χ2n) is 17.7. The van der Waals surface area contributed by atoms with E-state index in [4.69, 9.17) is 14.5 Å². The van der Waals surface area contributed by atoms with Crippen LogP contribution in [0.2, 0.25) is 0 Å². The van der Waals surface area contributed by atoms with Gasteiger partial charge in [0.1, 0.15) is 5.82 Å². The van der Waals surface area contributed by atoms with Crippen molar-refractivity contribution in [2.45, 2.75) is 72.3 Å². The minimum atomic E-state index is -0.412. The van der Waals surface area contributed by atoms with E-state index in [2.05, 4.69) is 77.0 Å². The molecule has 0 aliphatic carbocycles. The number of piperidine rings is 1. The number of carbonyl (C=O) groups is 3. The van der Waals surface area contributed by atoms with Crippen LogP contribution in [0, 0.1) is 19.8 Å². The number of piperazine rings is 1. The van der Waals surface area contributed by atoms with E-state index in [1.54, 1.807) is 11.1 Å². The highest BCUT2D eigenvalue weighted by Gasteiger charge is 2.28. The van der Waals surface area contributed by atoms with Crippen LogP contribution in [0.5, 0.6) is 0 Å². The highest BCUT2D eigenvalue weighted by molar-refractivity contribution is 6.05. The molecule has 0 unspecified atom stereocenters. The van der Waals surface area contributed by atoms with Gasteiger partial charge in [-0.25, -0.2) is 19.7 Å². The number of amides is 4. The summed E-state index contributed by atoms with van der Waals surface area (Å²) in [4.78, 5) is 64.1. The average molecular weight is 841 g/mol. The van der Waals surface area contributed by atoms with Crippen LogP contribution in [0.4, 0.5) is 33.6 Å². The van der Waals surface area contributed by atoms with Gasteiger partial charge in [-0.3, -0.25) is 24.7 Å². The molecule has 62 heavy (non-hydrogen) atoms. The Bertz CT molecular complexity index is 2410. The number of nitrogens with one attached hydrogen (secondary N) is 3. The summed E-state index contributed by atoms with van der Waals surface area (Å²) in [7, 11) is 0. The Hall–Kier alpha value is -6.42. The summed E-state index contributed by atoms with van der Waals surface area (Å²) in [6, 6.07) is 17.5. The number of hydrogen-bond donors (Lipinski definition) is 3. The lowest BCUT2D eigenvalue weighted by molar-refractivity contribution is -0.120. The molecule has 6 heterocycles. The van der Waals surface area contributed by atoms with Crippen LogP contribution in [-0.2, 0) is 10.2 Å². The molecule has 0 saturated carbocycles. The van der Waals surface area contributed by atoms with E-state index in [0.717, 1.165) is 98.0 Å². The van der Waals surface area contributed by atoms with Crippen LogP contribution in [-0.4, -0.2) is 100 Å². The predicted molar refractivity (Wildman–Crippen MR) is 239 cm³/mol. The Morgan fingerprint density at radius 3 is 2.29 bits per heavy atom. The third-order valence-electron chi connectivity index (χ3n) is 12.1. The maximum absolute atomic E-state index is 12.9. The number of aromatic nitrogens is 5. The number of imide groups is 1. The molecule has 3 aromatic heterocycles. The average Bonchev–Trinajstić information content (AvgIpc) is 3.77. The van der Waals surface area contributed by atoms with Crippen LogP contribution < -0.4 is 30.7 Å². The molecule has 3 aliphatic rings. The van der Waals surface area contributed by atoms with Gasteiger partial charge in [-0.05, 0) is 98.7 Å². The lowest BCUT2D eigenvalue weighted by atomic mass is 9.95. The monoisotopic (exact) mass is 840 g/mol. The summed E-state index contributed by atoms with van der Waals surface area (Å²) in [5.74, 6) is 1.61. The van der Waals surface area contributed by atoms with Crippen LogP contribution in [0.1, 0.15) is 86.2 Å². The number of rotatable bonds is 11. The van der Waals surface area contributed by atoms with Gasteiger partial charge in [0.2, 0.25) is 11.9 Å². The molecular formula is C46H56N12O4. The number of pyridine rings is 1. The van der Waals surface area contributed by atoms with Crippen molar-refractivity contribution in [3.63, 3.8) is 0 Å². The summed E-state index contributed by atoms with van der Waals surface area (Å²) in [5, 5.41) is 12.6. The zero-order valence-electron chi connectivity index (χ0n) is 36.4. The van der Waals surface area contributed by atoms with E-state index in [-0.39, 0.29) is 29.3 Å². The van der Waals surface area contributed by atoms with Crippen molar-refractivity contribution in [1.29, 1.82) is 0 Å². The minimum absolute atomic E-state index is 0.0509. The highest BCUT2D eigenvalue weighted by atomic mass is 16.5. The Kier molecular flexibility index (Phi) is 12.2. The zero-order valence-corrected chi connectivity index (χ0v) is 36.4. The van der Waals surface area contributed by atoms with E-state index in [1.807, 2.05) is 71.1 Å². The van der Waals surface area contributed by atoms with Gasteiger partial charge in [0.25, 0.3) is 0 Å². The van der Waals surface area contributed by atoms with Crippen LogP contribution in [0.15, 0.2) is 71.5 Å². The smallest absolute Gasteiger partial charge is 0.328 e. The van der Waals surface area contributed by atoms with Gasteiger partial charge < -0.3 is 25.0 Å². The van der Waals surface area contributed by atoms with E-state index in [9.17, 15) is 14.4 Å². The van der Waals surface area contributed by atoms with Gasteiger partial charge in [-0.2, -0.15) is 4.98 Å². The van der Waals surface area contributed by atoms with Gasteiger partial charge >= 0.3 is 17.8 Å². The molecule has 8 rings (SSSR count). The Labute approximate surface area is 362 Å². The van der Waals surface area contributed by atoms with Crippen LogP contribution in [0.3, 0.4) is 0 Å². The molecule has 3 N–H and O–H groups in total. The first-order valence-corrected chi connectivity index (χ1v) is 21.5. The molecule has 5 aromatic rings. The second kappa shape index (κ2) is 17.9. The number of nitrogens with zero attached hydrogens (tertiary/aromatic N) is 9. The molecule has 0 bridgehead atoms. The number of anilines is 5. The molecular weight excluding hydrogens is 785 g/mol. The molecule has 324 valence electrons. The van der Waals surface area contributed by atoms with Gasteiger partial charge in [0.15, 0.2) is 5.82 Å². The minimum Gasteiger partial charge on any atom is -0.372 e. The number of hydrogen-bond acceptors (Lipinski definition) is 13. The molecule has 3 fully saturated rings. The molecule has 2 aromatic carbocycles. The van der Waals surface area contributed by atoms with Gasteiger partial charge in [-0.1, -0.05) is 38.1 Å². The van der Waals surface area contributed by atoms with Crippen molar-refractivity contribution in [2.75, 3.05) is 72.4 Å². The summed E-state index contributed by atoms with van der Waals surface area (Å²) in [6.07, 6.45) is 6.31. The fraction of sp³-hybridized carbons (Fsp3) is 0.435. The molecule has 3 aliphatic heterocycles. The maximum Gasteiger partial charge on any atom is 0.328 e. The highest BCUT2D eigenvalue weighted by Crippen LogP contribution is 2.30. The van der Waals surface area contributed by atoms with Crippen molar-refractivity contribution in [2.24, 2.45) is 5.92 Å². The lowest BCUT2D eigenvalue weighted by Crippen LogP contribution is -2.49. The van der Waals surface area contributed by atoms with Crippen molar-refractivity contribution < 1.29 is 18.9 Å². The van der Waals surface area contributed by atoms with Crippen molar-refractivity contribution in [1.82, 2.24) is 40.6 Å². The summed E-state index contributed by atoms with van der Waals surface area (Å²) in [5.41, 5.74) is 7.62. The third-order valence-corrected chi connectivity index (χ3v) is 12.1. The van der Waals surface area contributed by atoms with Crippen molar-refractivity contribution in [3.05, 3.63) is 95.4 Å². The number of aryl methyl sites for hydroxylation is 2. The molecule has 16 nitrogen and oxygen atoms in total. The van der Waals surface area contributed by atoms with Crippen molar-refractivity contribution >= 4 is 46.7 Å². The quantitative estimate of drug-likeness (QED) is 0.131. The van der Waals surface area contributed by atoms with E-state index >= 15 is 0 Å². The van der Waals surface area contributed by atoms with Gasteiger partial charge in [0, 0.05) is 87.3 Å². The van der Waals surface area contributed by atoms with E-state index in [0.29, 0.717) is 36.5 Å². The second-order valence-corrected chi connectivity index (χ2v) is 17.7. The predicted octanol–water partition coefficient (Wildman–Crippen LogP) is 6.56. The van der Waals surface area contributed by atoms with Crippen LogP contribution >= 0.6 is 0 Å². The molecule has 0 radical (unpaired) electrons. The maximum atomic E-state index is 12.9. The zero-order chi connectivity index (χ0) is 43.5. The van der Waals surface area contributed by atoms with E-state index in [1.165, 1.54) is 5.69 Å². The number of urea groups is 1. The van der Waals surface area contributed by atoms with Crippen molar-refractivity contribution in [3.8, 4) is 11.3 Å². The first-order chi connectivity index (χ1) is 29.8. The van der Waals surface area contributed by atoms with Gasteiger partial charge in [-0.15, -0.1) is 0 Å². The summed E-state index contributed by atoms with van der Waals surface area (Å²) >= 11 is 0. The van der Waals surface area contributed by atoms with Crippen LogP contribution in [0.25, 0.3) is 11.3 Å². The fourth-order valence-corrected chi connectivity index (χ4v) is 8.48. The Balaban J connectivity index is 0.798. The first-order valence-electron chi connectivity index (χ1n) is 21.5. The molecule has 16 heteroatoms.